The van der Waals surface area contributed by atoms with Crippen molar-refractivity contribution in [2.24, 2.45) is 0 Å². The topological polar surface area (TPSA) is 95.9 Å². The summed E-state index contributed by atoms with van der Waals surface area (Å²) in [5.41, 5.74) is 0. The fourth-order valence-electron chi connectivity index (χ4n) is 10.1. The number of allylic oxidation sites excluding steroid dienone is 9. The third kappa shape index (κ3) is 60.8. The van der Waals surface area contributed by atoms with Gasteiger partial charge in [0.2, 0.25) is 5.91 Å². The molecule has 2 atom stereocenters. The summed E-state index contributed by atoms with van der Waals surface area (Å²) in [4.78, 5) is 24.6. The number of aliphatic hydroxyl groups is 2. The largest absolute Gasteiger partial charge is 0.466 e. The van der Waals surface area contributed by atoms with Crippen LogP contribution in [0.25, 0.3) is 0 Å². The summed E-state index contributed by atoms with van der Waals surface area (Å²) in [5, 5.41) is 23.2. The van der Waals surface area contributed by atoms with Crippen molar-refractivity contribution in [3.8, 4) is 0 Å². The highest BCUT2D eigenvalue weighted by Gasteiger charge is 2.18. The Morgan fingerprint density at radius 2 is 0.658 bits per heavy atom. The van der Waals surface area contributed by atoms with Gasteiger partial charge in [-0.1, -0.05) is 299 Å². The Bertz CT molecular complexity index is 1320. The summed E-state index contributed by atoms with van der Waals surface area (Å²) in [6, 6.07) is -0.638. The van der Waals surface area contributed by atoms with E-state index in [0.29, 0.717) is 19.4 Å². The molecular weight excluding hydrogens is 935 g/mol. The van der Waals surface area contributed by atoms with Crippen LogP contribution in [0.4, 0.5) is 0 Å². The molecule has 0 aromatic carbocycles. The molecule has 0 aliphatic carbocycles. The highest BCUT2D eigenvalue weighted by Crippen LogP contribution is 2.17. The van der Waals surface area contributed by atoms with Gasteiger partial charge < -0.3 is 20.3 Å². The minimum absolute atomic E-state index is 0.00774. The smallest absolute Gasteiger partial charge is 0.305 e. The van der Waals surface area contributed by atoms with Crippen molar-refractivity contribution in [3.05, 3.63) is 60.8 Å². The molecule has 444 valence electrons. The van der Waals surface area contributed by atoms with Crippen LogP contribution in [0.2, 0.25) is 0 Å². The Morgan fingerprint density at radius 1 is 0.368 bits per heavy atom. The van der Waals surface area contributed by atoms with Crippen molar-refractivity contribution >= 4 is 11.9 Å². The van der Waals surface area contributed by atoms with Crippen molar-refractivity contribution in [1.29, 1.82) is 0 Å². The lowest BCUT2D eigenvalue weighted by atomic mass is 10.0. The number of esters is 1. The molecule has 0 saturated carbocycles. The molecule has 0 saturated heterocycles. The van der Waals surface area contributed by atoms with Gasteiger partial charge >= 0.3 is 5.97 Å². The van der Waals surface area contributed by atoms with Crippen molar-refractivity contribution < 1.29 is 24.5 Å². The van der Waals surface area contributed by atoms with Gasteiger partial charge in [-0.25, -0.2) is 0 Å². The first-order valence-corrected chi connectivity index (χ1v) is 33.6. The average molecular weight is 1060 g/mol. The van der Waals surface area contributed by atoms with E-state index < -0.39 is 12.1 Å². The number of hydrogen-bond acceptors (Lipinski definition) is 5. The van der Waals surface area contributed by atoms with Gasteiger partial charge in [0, 0.05) is 12.8 Å². The SMILES string of the molecule is CCCCC/C=C\C/C=C\CCCCCCCC(=O)OCCCCCCCCCCC/C=C\C/C=C\CCCCCCCCCC(=O)NC(CO)C(O)/C=C/CCCCCCCCCCCCCCCCCCCCC. The van der Waals surface area contributed by atoms with Crippen LogP contribution in [0, 0.1) is 0 Å². The molecule has 0 radical (unpaired) electrons. The molecule has 0 aliphatic heterocycles. The van der Waals surface area contributed by atoms with E-state index >= 15 is 0 Å². The highest BCUT2D eigenvalue weighted by atomic mass is 16.5. The van der Waals surface area contributed by atoms with Crippen molar-refractivity contribution in [1.82, 2.24) is 5.32 Å². The third-order valence-corrected chi connectivity index (χ3v) is 15.3. The van der Waals surface area contributed by atoms with E-state index in [1.807, 2.05) is 6.08 Å². The van der Waals surface area contributed by atoms with Crippen LogP contribution in [-0.2, 0) is 14.3 Å². The van der Waals surface area contributed by atoms with Crippen LogP contribution in [0.15, 0.2) is 60.8 Å². The second kappa shape index (κ2) is 65.1. The molecule has 0 heterocycles. The Balaban J connectivity index is 3.49. The average Bonchev–Trinajstić information content (AvgIpc) is 3.42. The lowest BCUT2D eigenvalue weighted by Crippen LogP contribution is -2.45. The molecule has 0 aliphatic rings. The molecule has 0 rings (SSSR count). The molecule has 0 fully saturated rings. The minimum atomic E-state index is -0.854. The zero-order chi connectivity index (χ0) is 55.0. The molecule has 0 bridgehead atoms. The maximum atomic E-state index is 12.5. The van der Waals surface area contributed by atoms with E-state index in [1.54, 1.807) is 6.08 Å². The first-order valence-electron chi connectivity index (χ1n) is 33.6. The number of ether oxygens (including phenoxy) is 1. The van der Waals surface area contributed by atoms with E-state index in [0.717, 1.165) is 70.6 Å². The van der Waals surface area contributed by atoms with E-state index in [1.165, 1.54) is 250 Å². The maximum Gasteiger partial charge on any atom is 0.305 e. The van der Waals surface area contributed by atoms with Crippen molar-refractivity contribution in [2.75, 3.05) is 13.2 Å². The number of carbonyl (C=O) groups excluding carboxylic acids is 2. The number of unbranched alkanes of at least 4 members (excludes halogenated alkanes) is 43. The van der Waals surface area contributed by atoms with Crippen LogP contribution in [0.5, 0.6) is 0 Å². The Hall–Kier alpha value is -2.44. The van der Waals surface area contributed by atoms with Gasteiger partial charge in [0.15, 0.2) is 0 Å². The predicted octanol–water partition coefficient (Wildman–Crippen LogP) is 21.5. The quantitative estimate of drug-likeness (QED) is 0.0320. The number of amides is 1. The lowest BCUT2D eigenvalue weighted by Gasteiger charge is -2.20. The van der Waals surface area contributed by atoms with Crippen LogP contribution in [0.3, 0.4) is 0 Å². The zero-order valence-corrected chi connectivity index (χ0v) is 50.7. The van der Waals surface area contributed by atoms with Gasteiger partial charge in [0.05, 0.1) is 25.4 Å². The van der Waals surface area contributed by atoms with E-state index in [4.69, 9.17) is 4.74 Å². The van der Waals surface area contributed by atoms with Crippen molar-refractivity contribution in [2.45, 2.75) is 360 Å². The van der Waals surface area contributed by atoms with Gasteiger partial charge in [0.1, 0.15) is 0 Å². The second-order valence-corrected chi connectivity index (χ2v) is 22.8. The molecule has 1 amide bonds. The van der Waals surface area contributed by atoms with Crippen LogP contribution in [-0.4, -0.2) is 47.4 Å². The van der Waals surface area contributed by atoms with Gasteiger partial charge in [-0.05, 0) is 96.3 Å². The number of aliphatic hydroxyl groups excluding tert-OH is 2. The van der Waals surface area contributed by atoms with Crippen molar-refractivity contribution in [3.63, 3.8) is 0 Å². The van der Waals surface area contributed by atoms with E-state index in [2.05, 4.69) is 67.8 Å². The second-order valence-electron chi connectivity index (χ2n) is 22.8. The molecule has 76 heavy (non-hydrogen) atoms. The monoisotopic (exact) mass is 1060 g/mol. The molecule has 6 nitrogen and oxygen atoms in total. The van der Waals surface area contributed by atoms with Crippen LogP contribution in [0.1, 0.15) is 348 Å². The Kier molecular flexibility index (Phi) is 63.0. The fraction of sp³-hybridized carbons (Fsp3) is 0.829. The summed E-state index contributed by atoms with van der Waals surface area (Å²) in [6.07, 6.45) is 85.6. The highest BCUT2D eigenvalue weighted by molar-refractivity contribution is 5.76. The molecule has 3 N–H and O–H groups in total. The van der Waals surface area contributed by atoms with Gasteiger partial charge in [-0.3, -0.25) is 9.59 Å². The van der Waals surface area contributed by atoms with Gasteiger partial charge in [-0.15, -0.1) is 0 Å². The third-order valence-electron chi connectivity index (χ3n) is 15.3. The molecule has 2 unspecified atom stereocenters. The Labute approximate surface area is 473 Å². The van der Waals surface area contributed by atoms with Crippen LogP contribution < -0.4 is 5.32 Å². The first-order chi connectivity index (χ1) is 37.5. The summed E-state index contributed by atoms with van der Waals surface area (Å²) in [6.45, 7) is 4.88. The number of nitrogens with one attached hydrogen (secondary N) is 1. The van der Waals surface area contributed by atoms with E-state index in [9.17, 15) is 19.8 Å². The number of rotatable bonds is 62. The summed E-state index contributed by atoms with van der Waals surface area (Å²) >= 11 is 0. The summed E-state index contributed by atoms with van der Waals surface area (Å²) < 4.78 is 5.47. The minimum Gasteiger partial charge on any atom is -0.466 e. The molecular formula is C70H129NO5. The molecule has 0 aromatic heterocycles. The van der Waals surface area contributed by atoms with E-state index in [-0.39, 0.29) is 18.5 Å². The maximum absolute atomic E-state index is 12.5. The van der Waals surface area contributed by atoms with Crippen LogP contribution >= 0.6 is 0 Å². The first kappa shape index (κ1) is 73.6. The molecule has 6 heteroatoms. The normalized spacial score (nSPS) is 12.9. The summed E-state index contributed by atoms with van der Waals surface area (Å²) in [5.74, 6) is -0.0844. The Morgan fingerprint density at radius 3 is 1.03 bits per heavy atom. The molecule has 0 aromatic rings. The predicted molar refractivity (Wildman–Crippen MR) is 333 cm³/mol. The zero-order valence-electron chi connectivity index (χ0n) is 50.7. The fourth-order valence-corrected chi connectivity index (χ4v) is 10.1. The van der Waals surface area contributed by atoms with Gasteiger partial charge in [-0.2, -0.15) is 0 Å². The summed E-state index contributed by atoms with van der Waals surface area (Å²) in [7, 11) is 0. The number of hydrogen-bond donors (Lipinski definition) is 3. The van der Waals surface area contributed by atoms with Gasteiger partial charge in [0.25, 0.3) is 0 Å². The standard InChI is InChI=1S/C70H129NO5/c1-3-5-7-9-11-13-15-17-19-20-21-25-28-31-35-38-42-46-50-54-58-62-68(73)67(66-72)71-69(74)63-59-55-51-47-43-39-36-32-29-26-23-22-24-27-30-33-37-41-45-49-53-57-61-65-76-70(75)64-60-56-52-48-44-40-34-18-16-14-12-10-8-6-4-2/h12,14,18,22,24,26,29,34,58,62,67-68,72-73H,3-11,13,15-17,19-21,23,25,27-28,30-33,35-57,59-61,63-66H2,1-2H3,(H,71,74)/b14-12-,24-22-,29-26-,34-18-,62-58+. The lowest BCUT2D eigenvalue weighted by molar-refractivity contribution is -0.143. The number of carbonyl (C=O) groups is 2. The molecule has 0 spiro atoms.